The van der Waals surface area contributed by atoms with Crippen molar-refractivity contribution in [2.24, 2.45) is 0 Å². The van der Waals surface area contributed by atoms with Gasteiger partial charge in [0.05, 0.1) is 23.0 Å². The molecule has 56 valence electrons. The molecule has 3 N–H and O–H groups in total. The van der Waals surface area contributed by atoms with Gasteiger partial charge in [0.1, 0.15) is 0 Å². The van der Waals surface area contributed by atoms with Gasteiger partial charge >= 0.3 is 0 Å². The van der Waals surface area contributed by atoms with Crippen molar-refractivity contribution in [1.29, 1.82) is 0 Å². The summed E-state index contributed by atoms with van der Waals surface area (Å²) in [7, 11) is 0. The van der Waals surface area contributed by atoms with Gasteiger partial charge in [0.15, 0.2) is 5.75 Å². The van der Waals surface area contributed by atoms with Crippen LogP contribution in [0.2, 0.25) is 5.02 Å². The average molecular weight is 170 g/mol. The van der Waals surface area contributed by atoms with E-state index in [2.05, 4.69) is 4.98 Å². The zero-order valence-electron chi connectivity index (χ0n) is 5.58. The SMILES string of the molecule is Oc1cnc2c(c1Cl)C=C[NH2+]2. The average Bonchev–Trinajstić information content (AvgIpc) is 2.45. The van der Waals surface area contributed by atoms with Crippen LogP contribution in [0, 0.1) is 0 Å². The quantitative estimate of drug-likeness (QED) is 0.598. The lowest BCUT2D eigenvalue weighted by Gasteiger charge is -1.97. The zero-order chi connectivity index (χ0) is 7.84. The number of fused-ring (bicyclic) bond motifs is 1. The molecular formula is C7H6ClN2O+. The zero-order valence-corrected chi connectivity index (χ0v) is 6.34. The van der Waals surface area contributed by atoms with Crippen molar-refractivity contribution in [1.82, 2.24) is 4.98 Å². The van der Waals surface area contributed by atoms with Crippen LogP contribution in [0.4, 0.5) is 5.82 Å². The molecule has 0 aliphatic carbocycles. The Balaban J connectivity index is 2.70. The number of hydrogen-bond acceptors (Lipinski definition) is 2. The van der Waals surface area contributed by atoms with E-state index in [0.29, 0.717) is 5.02 Å². The smallest absolute Gasteiger partial charge is 0.238 e. The van der Waals surface area contributed by atoms with Crippen LogP contribution in [0.25, 0.3) is 6.08 Å². The van der Waals surface area contributed by atoms with Crippen LogP contribution in [0.15, 0.2) is 12.4 Å². The second kappa shape index (κ2) is 2.22. The predicted molar refractivity (Wildman–Crippen MR) is 41.5 cm³/mol. The van der Waals surface area contributed by atoms with Crippen molar-refractivity contribution in [3.63, 3.8) is 0 Å². The number of hydrogen-bond donors (Lipinski definition) is 2. The molecule has 0 saturated heterocycles. The molecule has 2 heterocycles. The second-order valence-corrected chi connectivity index (χ2v) is 2.66. The fraction of sp³-hybridized carbons (Fsp3) is 0. The van der Waals surface area contributed by atoms with Gasteiger partial charge in [-0.1, -0.05) is 11.6 Å². The van der Waals surface area contributed by atoms with E-state index < -0.39 is 0 Å². The van der Waals surface area contributed by atoms with Gasteiger partial charge in [-0.15, -0.1) is 0 Å². The Hall–Kier alpha value is -1.06. The summed E-state index contributed by atoms with van der Waals surface area (Å²) in [6, 6.07) is 0. The first-order valence-electron chi connectivity index (χ1n) is 3.18. The minimum atomic E-state index is 0.0327. The summed E-state index contributed by atoms with van der Waals surface area (Å²) in [5, 5.41) is 11.4. The normalized spacial score (nSPS) is 13.5. The molecule has 0 saturated carbocycles. The van der Waals surface area contributed by atoms with Gasteiger partial charge in [-0.05, 0) is 0 Å². The molecule has 1 aromatic rings. The molecule has 3 nitrogen and oxygen atoms in total. The van der Waals surface area contributed by atoms with E-state index in [-0.39, 0.29) is 5.75 Å². The molecule has 1 aliphatic heterocycles. The molecule has 0 aromatic carbocycles. The maximum Gasteiger partial charge on any atom is 0.238 e. The number of pyridine rings is 1. The summed E-state index contributed by atoms with van der Waals surface area (Å²) in [5.41, 5.74) is 0.798. The number of aromatic hydroxyl groups is 1. The lowest BCUT2D eigenvalue weighted by atomic mass is 10.2. The Labute approximate surface area is 68.3 Å². The van der Waals surface area contributed by atoms with Gasteiger partial charge < -0.3 is 5.11 Å². The fourth-order valence-electron chi connectivity index (χ4n) is 1.03. The lowest BCUT2D eigenvalue weighted by molar-refractivity contribution is -0.495. The van der Waals surface area contributed by atoms with Gasteiger partial charge in [0, 0.05) is 6.08 Å². The molecule has 0 amide bonds. The Bertz CT molecular complexity index is 335. The van der Waals surface area contributed by atoms with Crippen LogP contribution < -0.4 is 5.32 Å². The lowest BCUT2D eigenvalue weighted by Crippen LogP contribution is -2.70. The number of nitrogens with zero attached hydrogens (tertiary/aromatic N) is 1. The van der Waals surface area contributed by atoms with E-state index in [0.717, 1.165) is 11.4 Å². The monoisotopic (exact) mass is 169 g/mol. The highest BCUT2D eigenvalue weighted by molar-refractivity contribution is 6.33. The molecule has 1 aliphatic rings. The van der Waals surface area contributed by atoms with E-state index in [1.54, 1.807) is 0 Å². The third kappa shape index (κ3) is 0.895. The van der Waals surface area contributed by atoms with Crippen molar-refractivity contribution in [2.45, 2.75) is 0 Å². The Kier molecular flexibility index (Phi) is 1.34. The van der Waals surface area contributed by atoms with Crippen molar-refractivity contribution in [3.05, 3.63) is 23.0 Å². The third-order valence-corrected chi connectivity index (χ3v) is 1.98. The molecule has 0 spiro atoms. The third-order valence-electron chi connectivity index (χ3n) is 1.58. The van der Waals surface area contributed by atoms with Gasteiger partial charge in [0.25, 0.3) is 0 Å². The molecule has 0 bridgehead atoms. The Morgan fingerprint density at radius 1 is 1.55 bits per heavy atom. The van der Waals surface area contributed by atoms with Crippen LogP contribution in [0.5, 0.6) is 5.75 Å². The van der Waals surface area contributed by atoms with Crippen molar-refractivity contribution in [3.8, 4) is 5.75 Å². The van der Waals surface area contributed by atoms with E-state index in [9.17, 15) is 0 Å². The highest BCUT2D eigenvalue weighted by atomic mass is 35.5. The second-order valence-electron chi connectivity index (χ2n) is 2.28. The minimum absolute atomic E-state index is 0.0327. The van der Waals surface area contributed by atoms with Gasteiger partial charge in [-0.25, -0.2) is 4.98 Å². The maximum absolute atomic E-state index is 9.14. The van der Waals surface area contributed by atoms with E-state index in [1.165, 1.54) is 6.20 Å². The van der Waals surface area contributed by atoms with Crippen molar-refractivity contribution >= 4 is 23.5 Å². The summed E-state index contributed by atoms with van der Waals surface area (Å²) in [6.07, 6.45) is 5.03. The van der Waals surface area contributed by atoms with Crippen LogP contribution >= 0.6 is 11.6 Å². The molecule has 0 radical (unpaired) electrons. The van der Waals surface area contributed by atoms with Crippen LogP contribution in [-0.2, 0) is 0 Å². The predicted octanol–water partition coefficient (Wildman–Crippen LogP) is 0.620. The number of quaternary nitrogens is 1. The summed E-state index contributed by atoms with van der Waals surface area (Å²) in [5.74, 6) is 0.846. The summed E-state index contributed by atoms with van der Waals surface area (Å²) in [6.45, 7) is 0. The summed E-state index contributed by atoms with van der Waals surface area (Å²) in [4.78, 5) is 3.97. The largest absolute Gasteiger partial charge is 0.505 e. The fourth-order valence-corrected chi connectivity index (χ4v) is 1.24. The molecule has 4 heteroatoms. The van der Waals surface area contributed by atoms with Crippen molar-refractivity contribution < 1.29 is 10.4 Å². The molecule has 11 heavy (non-hydrogen) atoms. The van der Waals surface area contributed by atoms with E-state index >= 15 is 0 Å². The molecule has 1 aromatic heterocycles. The molecule has 0 fully saturated rings. The summed E-state index contributed by atoms with van der Waals surface area (Å²) < 4.78 is 0. The van der Waals surface area contributed by atoms with Gasteiger partial charge in [0.2, 0.25) is 5.82 Å². The first-order chi connectivity index (χ1) is 5.29. The Morgan fingerprint density at radius 2 is 2.36 bits per heavy atom. The van der Waals surface area contributed by atoms with Crippen LogP contribution in [0.3, 0.4) is 0 Å². The van der Waals surface area contributed by atoms with Gasteiger partial charge in [-0.3, -0.25) is 5.32 Å². The van der Waals surface area contributed by atoms with E-state index in [1.807, 2.05) is 17.6 Å². The van der Waals surface area contributed by atoms with Crippen molar-refractivity contribution in [2.75, 3.05) is 0 Å². The van der Waals surface area contributed by atoms with Crippen LogP contribution in [-0.4, -0.2) is 10.1 Å². The minimum Gasteiger partial charge on any atom is -0.505 e. The molecule has 2 rings (SSSR count). The first-order valence-corrected chi connectivity index (χ1v) is 3.56. The molecular weight excluding hydrogens is 164 g/mol. The Morgan fingerprint density at radius 3 is 3.18 bits per heavy atom. The molecule has 0 unspecified atom stereocenters. The first kappa shape index (κ1) is 6.64. The number of aromatic nitrogens is 1. The number of rotatable bonds is 0. The summed E-state index contributed by atoms with van der Waals surface area (Å²) >= 11 is 5.78. The van der Waals surface area contributed by atoms with Gasteiger partial charge in [-0.2, -0.15) is 0 Å². The molecule has 0 atom stereocenters. The topological polar surface area (TPSA) is 49.7 Å². The number of nitrogens with two attached hydrogens (primary N) is 1. The standard InChI is InChI=1S/C7H5ClN2O/c8-6-4-1-2-9-7(4)10-3-5(6)11/h1-3,11H,(H,9,10)/p+1. The maximum atomic E-state index is 9.14. The number of halogens is 1. The highest BCUT2D eigenvalue weighted by Crippen LogP contribution is 2.30. The van der Waals surface area contributed by atoms with E-state index in [4.69, 9.17) is 16.7 Å². The highest BCUT2D eigenvalue weighted by Gasteiger charge is 2.16. The van der Waals surface area contributed by atoms with Crippen LogP contribution in [0.1, 0.15) is 5.56 Å².